The average molecular weight is 412 g/mol. The molecule has 0 unspecified atom stereocenters. The van der Waals surface area contributed by atoms with Gasteiger partial charge in [-0.25, -0.2) is 12.8 Å². The molecule has 5 nitrogen and oxygen atoms in total. The SMILES string of the molecule is COc1ccc(F)cc1CSCc1cccc(S(=O)(=O)N2CCOCC2)c1. The number of rotatable bonds is 7. The van der Waals surface area contributed by atoms with Gasteiger partial charge in [0.2, 0.25) is 10.0 Å². The maximum Gasteiger partial charge on any atom is 0.243 e. The Hall–Kier alpha value is -1.61. The molecule has 0 radical (unpaired) electrons. The third-order valence-electron chi connectivity index (χ3n) is 4.28. The molecule has 1 aliphatic heterocycles. The highest BCUT2D eigenvalue weighted by Crippen LogP contribution is 2.27. The number of morpholine rings is 1. The largest absolute Gasteiger partial charge is 0.496 e. The summed E-state index contributed by atoms with van der Waals surface area (Å²) < 4.78 is 50.9. The Kier molecular flexibility index (Phi) is 6.75. The summed E-state index contributed by atoms with van der Waals surface area (Å²) in [7, 11) is -1.95. The predicted octanol–water partition coefficient (Wildman–Crippen LogP) is 3.29. The molecule has 1 fully saturated rings. The van der Waals surface area contributed by atoms with Crippen molar-refractivity contribution in [2.24, 2.45) is 0 Å². The lowest BCUT2D eigenvalue weighted by atomic mass is 10.2. The summed E-state index contributed by atoms with van der Waals surface area (Å²) in [6.07, 6.45) is 0. The molecule has 0 aliphatic carbocycles. The minimum Gasteiger partial charge on any atom is -0.496 e. The number of thioether (sulfide) groups is 1. The minimum atomic E-state index is -3.50. The first kappa shape index (κ1) is 20.1. The van der Waals surface area contributed by atoms with Crippen molar-refractivity contribution in [3.63, 3.8) is 0 Å². The second kappa shape index (κ2) is 9.05. The predicted molar refractivity (Wildman–Crippen MR) is 104 cm³/mol. The van der Waals surface area contributed by atoms with E-state index in [1.165, 1.54) is 16.4 Å². The molecule has 0 spiro atoms. The Labute approximate surface area is 163 Å². The van der Waals surface area contributed by atoms with Crippen molar-refractivity contribution < 1.29 is 22.3 Å². The number of benzene rings is 2. The Balaban J connectivity index is 1.67. The van der Waals surface area contributed by atoms with Crippen LogP contribution in [0.25, 0.3) is 0 Å². The maximum atomic E-state index is 13.4. The smallest absolute Gasteiger partial charge is 0.243 e. The van der Waals surface area contributed by atoms with Gasteiger partial charge in [-0.2, -0.15) is 16.1 Å². The van der Waals surface area contributed by atoms with Crippen LogP contribution in [0.5, 0.6) is 5.75 Å². The van der Waals surface area contributed by atoms with E-state index < -0.39 is 10.0 Å². The van der Waals surface area contributed by atoms with Crippen LogP contribution in [0.2, 0.25) is 0 Å². The molecule has 0 N–H and O–H groups in total. The van der Waals surface area contributed by atoms with Gasteiger partial charge < -0.3 is 9.47 Å². The summed E-state index contributed by atoms with van der Waals surface area (Å²) in [5, 5.41) is 0. The summed E-state index contributed by atoms with van der Waals surface area (Å²) in [4.78, 5) is 0.297. The van der Waals surface area contributed by atoms with Crippen molar-refractivity contribution in [2.75, 3.05) is 33.4 Å². The second-order valence-corrected chi connectivity index (χ2v) is 9.04. The van der Waals surface area contributed by atoms with Crippen LogP contribution in [0.4, 0.5) is 4.39 Å². The number of ether oxygens (including phenoxy) is 2. The number of hydrogen-bond acceptors (Lipinski definition) is 5. The highest BCUT2D eigenvalue weighted by molar-refractivity contribution is 7.97. The Morgan fingerprint density at radius 3 is 2.67 bits per heavy atom. The minimum absolute atomic E-state index is 0.297. The Bertz CT molecular complexity index is 883. The normalized spacial score (nSPS) is 15.6. The third-order valence-corrected chi connectivity index (χ3v) is 7.22. The van der Waals surface area contributed by atoms with Crippen molar-refractivity contribution in [3.05, 3.63) is 59.4 Å². The fourth-order valence-electron chi connectivity index (χ4n) is 2.87. The number of methoxy groups -OCH3 is 1. The van der Waals surface area contributed by atoms with Crippen molar-refractivity contribution >= 4 is 21.8 Å². The summed E-state index contributed by atoms with van der Waals surface area (Å²) in [5.41, 5.74) is 1.68. The van der Waals surface area contributed by atoms with E-state index in [1.54, 1.807) is 43.1 Å². The van der Waals surface area contributed by atoms with E-state index in [9.17, 15) is 12.8 Å². The van der Waals surface area contributed by atoms with E-state index in [4.69, 9.17) is 9.47 Å². The van der Waals surface area contributed by atoms with E-state index in [2.05, 4.69) is 0 Å². The molecule has 8 heteroatoms. The zero-order chi connectivity index (χ0) is 19.3. The fraction of sp³-hybridized carbons (Fsp3) is 0.368. The molecule has 146 valence electrons. The summed E-state index contributed by atoms with van der Waals surface area (Å²) in [6.45, 7) is 1.59. The molecule has 1 saturated heterocycles. The van der Waals surface area contributed by atoms with Crippen molar-refractivity contribution in [2.45, 2.75) is 16.4 Å². The molecule has 3 rings (SSSR count). The molecule has 0 saturated carbocycles. The van der Waals surface area contributed by atoms with E-state index >= 15 is 0 Å². The topological polar surface area (TPSA) is 55.8 Å². The van der Waals surface area contributed by atoms with Gasteiger partial charge in [0, 0.05) is 30.2 Å². The first-order chi connectivity index (χ1) is 13.0. The van der Waals surface area contributed by atoms with Crippen molar-refractivity contribution in [1.29, 1.82) is 0 Å². The highest BCUT2D eigenvalue weighted by atomic mass is 32.2. The number of sulfonamides is 1. The van der Waals surface area contributed by atoms with E-state index in [0.29, 0.717) is 48.5 Å². The van der Waals surface area contributed by atoms with Crippen molar-refractivity contribution in [3.8, 4) is 5.75 Å². The molecule has 1 heterocycles. The molecule has 0 atom stereocenters. The van der Waals surface area contributed by atoms with Gasteiger partial charge in [0.05, 0.1) is 25.2 Å². The van der Waals surface area contributed by atoms with Crippen LogP contribution in [-0.2, 0) is 26.3 Å². The Morgan fingerprint density at radius 2 is 1.93 bits per heavy atom. The molecule has 2 aromatic rings. The zero-order valence-electron chi connectivity index (χ0n) is 15.1. The molecule has 0 amide bonds. The lowest BCUT2D eigenvalue weighted by Crippen LogP contribution is -2.40. The molecule has 2 aromatic carbocycles. The molecular formula is C19H22FNO4S2. The van der Waals surface area contributed by atoms with Crippen LogP contribution in [0.1, 0.15) is 11.1 Å². The molecular weight excluding hydrogens is 389 g/mol. The number of halogens is 1. The van der Waals surface area contributed by atoms with Crippen LogP contribution >= 0.6 is 11.8 Å². The first-order valence-electron chi connectivity index (χ1n) is 8.58. The first-order valence-corrected chi connectivity index (χ1v) is 11.2. The molecule has 1 aliphatic rings. The van der Waals surface area contributed by atoms with Gasteiger partial charge in [0.15, 0.2) is 0 Å². The molecule has 27 heavy (non-hydrogen) atoms. The zero-order valence-corrected chi connectivity index (χ0v) is 16.7. The van der Waals surface area contributed by atoms with Crippen LogP contribution in [0.3, 0.4) is 0 Å². The van der Waals surface area contributed by atoms with Crippen LogP contribution < -0.4 is 4.74 Å². The number of hydrogen-bond donors (Lipinski definition) is 0. The summed E-state index contributed by atoms with van der Waals surface area (Å²) in [5.74, 6) is 1.53. The van der Waals surface area contributed by atoms with Gasteiger partial charge in [-0.05, 0) is 35.9 Å². The summed E-state index contributed by atoms with van der Waals surface area (Å²) in [6, 6.07) is 11.4. The summed E-state index contributed by atoms with van der Waals surface area (Å²) >= 11 is 1.58. The van der Waals surface area contributed by atoms with Crippen LogP contribution in [-0.4, -0.2) is 46.1 Å². The monoisotopic (exact) mass is 411 g/mol. The average Bonchev–Trinajstić information content (AvgIpc) is 2.69. The van der Waals surface area contributed by atoms with Gasteiger partial charge in [0.1, 0.15) is 11.6 Å². The molecule has 0 aromatic heterocycles. The van der Waals surface area contributed by atoms with Crippen LogP contribution in [0.15, 0.2) is 47.4 Å². The standard InChI is InChI=1S/C19H22FNO4S2/c1-24-19-6-5-17(20)12-16(19)14-26-13-15-3-2-4-18(11-15)27(22,23)21-7-9-25-10-8-21/h2-6,11-12H,7-10,13-14H2,1H3. The van der Waals surface area contributed by atoms with Crippen LogP contribution in [0, 0.1) is 5.82 Å². The molecule has 0 bridgehead atoms. The second-order valence-electron chi connectivity index (χ2n) is 6.11. The maximum absolute atomic E-state index is 13.4. The quantitative estimate of drug-likeness (QED) is 0.700. The number of nitrogens with zero attached hydrogens (tertiary/aromatic N) is 1. The third kappa shape index (κ3) is 5.01. The van der Waals surface area contributed by atoms with E-state index in [-0.39, 0.29) is 5.82 Å². The van der Waals surface area contributed by atoms with E-state index in [0.717, 1.165) is 11.1 Å². The Morgan fingerprint density at radius 1 is 1.15 bits per heavy atom. The highest BCUT2D eigenvalue weighted by Gasteiger charge is 2.26. The van der Waals surface area contributed by atoms with Gasteiger partial charge in [-0.1, -0.05) is 12.1 Å². The van der Waals surface area contributed by atoms with Crippen molar-refractivity contribution in [1.82, 2.24) is 4.31 Å². The lowest BCUT2D eigenvalue weighted by molar-refractivity contribution is 0.0730. The van der Waals surface area contributed by atoms with Gasteiger partial charge >= 0.3 is 0 Å². The van der Waals surface area contributed by atoms with Gasteiger partial charge in [-0.15, -0.1) is 0 Å². The van der Waals surface area contributed by atoms with E-state index in [1.807, 2.05) is 6.07 Å². The fourth-order valence-corrected chi connectivity index (χ4v) is 5.31. The van der Waals surface area contributed by atoms with Gasteiger partial charge in [0.25, 0.3) is 0 Å². The van der Waals surface area contributed by atoms with Gasteiger partial charge in [-0.3, -0.25) is 0 Å². The lowest BCUT2D eigenvalue weighted by Gasteiger charge is -2.26.